The number of halogens is 2. The second kappa shape index (κ2) is 12.7. The van der Waals surface area contributed by atoms with Crippen molar-refractivity contribution in [2.45, 2.75) is 33.6 Å². The molecule has 214 valence electrons. The SMILES string of the molecule is CCOc1cc(C)c(-c2nc3ccccc3c(=O)n2N=Cc2cc(OC)c(OCC(N)=O)c(Cl)c2Br)cc1C(C)C. The maximum absolute atomic E-state index is 13.8. The van der Waals surface area contributed by atoms with Gasteiger partial charge in [-0.2, -0.15) is 9.78 Å². The number of carbonyl (C=O) groups excluding carboxylic acids is 1. The van der Waals surface area contributed by atoms with Crippen molar-refractivity contribution >= 4 is 50.6 Å². The van der Waals surface area contributed by atoms with Gasteiger partial charge in [0, 0.05) is 15.6 Å². The van der Waals surface area contributed by atoms with Gasteiger partial charge in [0.25, 0.3) is 11.5 Å². The molecule has 1 amide bonds. The summed E-state index contributed by atoms with van der Waals surface area (Å²) in [4.78, 5) is 29.9. The molecule has 0 bridgehead atoms. The minimum Gasteiger partial charge on any atom is -0.494 e. The third-order valence-corrected chi connectivity index (χ3v) is 7.76. The van der Waals surface area contributed by atoms with Crippen molar-refractivity contribution in [1.82, 2.24) is 9.66 Å². The van der Waals surface area contributed by atoms with Crippen LogP contribution in [0.5, 0.6) is 17.2 Å². The zero-order valence-corrected chi connectivity index (χ0v) is 25.7. The van der Waals surface area contributed by atoms with E-state index < -0.39 is 5.91 Å². The van der Waals surface area contributed by atoms with Crippen molar-refractivity contribution in [2.24, 2.45) is 10.8 Å². The summed E-state index contributed by atoms with van der Waals surface area (Å²) in [5, 5.41) is 5.16. The van der Waals surface area contributed by atoms with E-state index >= 15 is 0 Å². The first-order chi connectivity index (χ1) is 19.6. The zero-order valence-electron chi connectivity index (χ0n) is 23.3. The van der Waals surface area contributed by atoms with E-state index in [-0.39, 0.29) is 34.6 Å². The lowest BCUT2D eigenvalue weighted by Gasteiger charge is -2.18. The molecule has 0 aliphatic heterocycles. The average molecular weight is 642 g/mol. The van der Waals surface area contributed by atoms with Gasteiger partial charge in [-0.25, -0.2) is 4.98 Å². The predicted molar refractivity (Wildman–Crippen MR) is 165 cm³/mol. The lowest BCUT2D eigenvalue weighted by atomic mass is 9.96. The highest BCUT2D eigenvalue weighted by Gasteiger charge is 2.20. The second-order valence-electron chi connectivity index (χ2n) is 9.49. The molecule has 1 aromatic heterocycles. The van der Waals surface area contributed by atoms with Crippen LogP contribution in [0.25, 0.3) is 22.3 Å². The maximum Gasteiger partial charge on any atom is 0.282 e. The van der Waals surface area contributed by atoms with Crippen molar-refractivity contribution < 1.29 is 19.0 Å². The number of aromatic nitrogens is 2. The Hall–Kier alpha value is -3.89. The fraction of sp³-hybridized carbons (Fsp3) is 0.267. The van der Waals surface area contributed by atoms with Crippen LogP contribution in [0.4, 0.5) is 0 Å². The lowest BCUT2D eigenvalue weighted by molar-refractivity contribution is -0.119. The number of ether oxygens (including phenoxy) is 3. The highest BCUT2D eigenvalue weighted by Crippen LogP contribution is 2.42. The Morgan fingerprint density at radius 2 is 1.93 bits per heavy atom. The van der Waals surface area contributed by atoms with Gasteiger partial charge in [0.15, 0.2) is 23.9 Å². The number of nitrogens with two attached hydrogens (primary N) is 1. The molecule has 0 aliphatic carbocycles. The largest absolute Gasteiger partial charge is 0.494 e. The minimum absolute atomic E-state index is 0.147. The molecule has 3 aromatic carbocycles. The number of para-hydroxylation sites is 1. The van der Waals surface area contributed by atoms with Crippen molar-refractivity contribution in [1.29, 1.82) is 0 Å². The van der Waals surface area contributed by atoms with Gasteiger partial charge in [-0.05, 0) is 77.2 Å². The van der Waals surface area contributed by atoms with Gasteiger partial charge in [0.2, 0.25) is 0 Å². The number of carbonyl (C=O) groups is 1. The summed E-state index contributed by atoms with van der Waals surface area (Å²) in [5.74, 6) is 1.09. The Balaban J connectivity index is 1.93. The van der Waals surface area contributed by atoms with Crippen LogP contribution in [-0.2, 0) is 4.79 Å². The molecule has 0 saturated carbocycles. The van der Waals surface area contributed by atoms with Crippen LogP contribution >= 0.6 is 27.5 Å². The Morgan fingerprint density at radius 1 is 1.20 bits per heavy atom. The van der Waals surface area contributed by atoms with Crippen LogP contribution in [0.2, 0.25) is 5.02 Å². The fourth-order valence-electron chi connectivity index (χ4n) is 4.32. The van der Waals surface area contributed by atoms with Crippen molar-refractivity contribution in [3.8, 4) is 28.6 Å². The summed E-state index contributed by atoms with van der Waals surface area (Å²) in [7, 11) is 1.44. The van der Waals surface area contributed by atoms with Crippen LogP contribution in [0.1, 0.15) is 43.4 Å². The van der Waals surface area contributed by atoms with Crippen molar-refractivity contribution in [2.75, 3.05) is 20.3 Å². The topological polar surface area (TPSA) is 118 Å². The molecular weight excluding hydrogens is 612 g/mol. The molecule has 2 N–H and O–H groups in total. The number of primary amides is 1. The van der Waals surface area contributed by atoms with Gasteiger partial charge in [0.1, 0.15) is 10.8 Å². The number of aryl methyl sites for hydroxylation is 1. The summed E-state index contributed by atoms with van der Waals surface area (Å²) < 4.78 is 18.5. The van der Waals surface area contributed by atoms with Crippen molar-refractivity contribution in [3.05, 3.63) is 79.0 Å². The summed E-state index contributed by atoms with van der Waals surface area (Å²) in [6.45, 7) is 8.22. The average Bonchev–Trinajstić information content (AvgIpc) is 2.94. The number of amides is 1. The van der Waals surface area contributed by atoms with Crippen LogP contribution in [0, 0.1) is 6.92 Å². The van der Waals surface area contributed by atoms with E-state index in [9.17, 15) is 9.59 Å². The zero-order chi connectivity index (χ0) is 29.8. The number of benzene rings is 3. The Bertz CT molecular complexity index is 1720. The predicted octanol–water partition coefficient (Wildman–Crippen LogP) is 6.06. The molecule has 9 nitrogen and oxygen atoms in total. The molecule has 4 aromatic rings. The van der Waals surface area contributed by atoms with E-state index in [4.69, 9.17) is 36.5 Å². The standard InChI is InChI=1S/C30H30BrClN4O5/c1-6-40-23-11-17(4)21(13-20(23)16(2)3)29-35-22-10-8-7-9-19(22)30(38)36(29)34-14-18-12-24(39-5)28(27(32)26(18)31)41-15-25(33)37/h7-14,16H,6,15H2,1-5H3,(H2,33,37). The highest BCUT2D eigenvalue weighted by atomic mass is 79.9. The Labute approximate surface area is 251 Å². The monoisotopic (exact) mass is 640 g/mol. The molecular formula is C30H30BrClN4O5. The minimum atomic E-state index is -0.661. The number of hydrogen-bond acceptors (Lipinski definition) is 7. The van der Waals surface area contributed by atoms with Gasteiger partial charge < -0.3 is 19.9 Å². The first kappa shape index (κ1) is 30.1. The summed E-state index contributed by atoms with van der Waals surface area (Å²) in [6, 6.07) is 12.7. The molecule has 0 fully saturated rings. The van der Waals surface area contributed by atoms with Gasteiger partial charge >= 0.3 is 0 Å². The lowest BCUT2D eigenvalue weighted by Crippen LogP contribution is -2.21. The van der Waals surface area contributed by atoms with Crippen LogP contribution < -0.4 is 25.5 Å². The highest BCUT2D eigenvalue weighted by molar-refractivity contribution is 9.10. The molecule has 1 heterocycles. The second-order valence-corrected chi connectivity index (χ2v) is 10.7. The van der Waals surface area contributed by atoms with E-state index in [0.717, 1.165) is 22.4 Å². The molecule has 0 saturated heterocycles. The fourth-order valence-corrected chi connectivity index (χ4v) is 4.98. The van der Waals surface area contributed by atoms with Gasteiger partial charge in [-0.15, -0.1) is 0 Å². The number of methoxy groups -OCH3 is 1. The number of nitrogens with zero attached hydrogens (tertiary/aromatic N) is 3. The molecule has 0 aliphatic rings. The maximum atomic E-state index is 13.8. The molecule has 0 atom stereocenters. The molecule has 11 heteroatoms. The Kier molecular flexibility index (Phi) is 9.35. The quantitative estimate of drug-likeness (QED) is 0.210. The van der Waals surface area contributed by atoms with Crippen molar-refractivity contribution in [3.63, 3.8) is 0 Å². The van der Waals surface area contributed by atoms with Gasteiger partial charge in [0.05, 0.1) is 30.8 Å². The molecule has 4 rings (SSSR count). The first-order valence-electron chi connectivity index (χ1n) is 12.9. The van der Waals surface area contributed by atoms with E-state index in [2.05, 4.69) is 34.9 Å². The van der Waals surface area contributed by atoms with Crippen LogP contribution in [0.3, 0.4) is 0 Å². The van der Waals surface area contributed by atoms with Crippen LogP contribution in [0.15, 0.2) is 56.8 Å². The number of rotatable bonds is 10. The summed E-state index contributed by atoms with van der Waals surface area (Å²) in [6.07, 6.45) is 1.48. The smallest absolute Gasteiger partial charge is 0.282 e. The number of hydrogen-bond donors (Lipinski definition) is 1. The third-order valence-electron chi connectivity index (χ3n) is 6.32. The summed E-state index contributed by atoms with van der Waals surface area (Å²) >= 11 is 10.00. The Morgan fingerprint density at radius 3 is 2.59 bits per heavy atom. The number of fused-ring (bicyclic) bond motifs is 1. The normalized spacial score (nSPS) is 11.4. The van der Waals surface area contributed by atoms with Crippen LogP contribution in [-0.4, -0.2) is 42.1 Å². The molecule has 0 unspecified atom stereocenters. The first-order valence-corrected chi connectivity index (χ1v) is 14.0. The summed E-state index contributed by atoms with van der Waals surface area (Å²) in [5.41, 5.74) is 8.56. The molecule has 0 spiro atoms. The van der Waals surface area contributed by atoms with E-state index in [1.54, 1.807) is 24.3 Å². The van der Waals surface area contributed by atoms with E-state index in [1.165, 1.54) is 18.0 Å². The van der Waals surface area contributed by atoms with Gasteiger partial charge in [-0.1, -0.05) is 37.6 Å². The molecule has 0 radical (unpaired) electrons. The van der Waals surface area contributed by atoms with E-state index in [1.807, 2.05) is 32.0 Å². The van der Waals surface area contributed by atoms with Gasteiger partial charge in [-0.3, -0.25) is 9.59 Å². The third kappa shape index (κ3) is 6.23. The molecule has 41 heavy (non-hydrogen) atoms. The van der Waals surface area contributed by atoms with E-state index in [0.29, 0.717) is 33.4 Å².